The van der Waals surface area contributed by atoms with Crippen molar-refractivity contribution in [1.29, 1.82) is 0 Å². The average Bonchev–Trinajstić information content (AvgIpc) is 2.46. The first-order valence-corrected chi connectivity index (χ1v) is 7.97. The molecule has 0 bridgehead atoms. The Morgan fingerprint density at radius 3 is 2.52 bits per heavy atom. The van der Waals surface area contributed by atoms with Crippen LogP contribution in [0, 0.1) is 17.6 Å². The summed E-state index contributed by atoms with van der Waals surface area (Å²) in [6.45, 7) is 8.47. The van der Waals surface area contributed by atoms with Gasteiger partial charge in [0, 0.05) is 24.2 Å². The number of rotatable bonds is 6. The molecule has 2 rings (SSSR count). The van der Waals surface area contributed by atoms with Gasteiger partial charge < -0.3 is 10.2 Å². The maximum Gasteiger partial charge on any atom is 0.130 e. The topological polar surface area (TPSA) is 15.3 Å². The highest BCUT2D eigenvalue weighted by molar-refractivity contribution is 5.21. The lowest BCUT2D eigenvalue weighted by molar-refractivity contribution is 0.197. The molecule has 0 radical (unpaired) electrons. The molecule has 1 aromatic rings. The molecule has 0 aliphatic carbocycles. The number of benzene rings is 1. The van der Waals surface area contributed by atoms with Crippen LogP contribution in [-0.4, -0.2) is 31.1 Å². The maximum atomic E-state index is 13.7. The lowest BCUT2D eigenvalue weighted by atomic mass is 10.1. The quantitative estimate of drug-likeness (QED) is 0.860. The van der Waals surface area contributed by atoms with Crippen molar-refractivity contribution < 1.29 is 8.78 Å². The van der Waals surface area contributed by atoms with Gasteiger partial charge in [-0.05, 0) is 51.4 Å². The molecule has 118 valence electrons. The third-order valence-electron chi connectivity index (χ3n) is 4.22. The lowest BCUT2D eigenvalue weighted by Gasteiger charge is -2.29. The van der Waals surface area contributed by atoms with E-state index in [0.29, 0.717) is 11.5 Å². The molecule has 2 atom stereocenters. The Morgan fingerprint density at radius 1 is 1.14 bits per heavy atom. The summed E-state index contributed by atoms with van der Waals surface area (Å²) < 4.78 is 26.6. The standard InChI is InChI=1S/C17H26F2N2/c1-13(12-21-8-4-3-5-9-21)11-20-14(2)16-7-6-15(18)10-17(16)19/h6-7,10,13-14,20H,3-5,8-9,11-12H2,1-2H3. The van der Waals surface area contributed by atoms with Crippen LogP contribution in [0.1, 0.15) is 44.7 Å². The van der Waals surface area contributed by atoms with Gasteiger partial charge in [0.05, 0.1) is 0 Å². The molecule has 1 fully saturated rings. The largest absolute Gasteiger partial charge is 0.310 e. The molecule has 2 nitrogen and oxygen atoms in total. The monoisotopic (exact) mass is 296 g/mol. The van der Waals surface area contributed by atoms with Crippen molar-refractivity contribution in [3.63, 3.8) is 0 Å². The van der Waals surface area contributed by atoms with Crippen molar-refractivity contribution in [2.45, 2.75) is 39.2 Å². The molecule has 1 heterocycles. The Labute approximate surface area is 126 Å². The van der Waals surface area contributed by atoms with Crippen molar-refractivity contribution in [2.24, 2.45) is 5.92 Å². The summed E-state index contributed by atoms with van der Waals surface area (Å²) in [4.78, 5) is 2.51. The molecule has 0 amide bonds. The van der Waals surface area contributed by atoms with Crippen molar-refractivity contribution in [3.05, 3.63) is 35.4 Å². The van der Waals surface area contributed by atoms with E-state index < -0.39 is 11.6 Å². The van der Waals surface area contributed by atoms with Gasteiger partial charge in [0.1, 0.15) is 11.6 Å². The van der Waals surface area contributed by atoms with E-state index in [1.165, 1.54) is 44.5 Å². The number of hydrogen-bond acceptors (Lipinski definition) is 2. The van der Waals surface area contributed by atoms with Gasteiger partial charge in [-0.1, -0.05) is 19.4 Å². The van der Waals surface area contributed by atoms with Crippen molar-refractivity contribution in [3.8, 4) is 0 Å². The molecule has 2 unspecified atom stereocenters. The van der Waals surface area contributed by atoms with Crippen molar-refractivity contribution in [2.75, 3.05) is 26.2 Å². The molecule has 0 spiro atoms. The van der Waals surface area contributed by atoms with Gasteiger partial charge in [-0.15, -0.1) is 0 Å². The van der Waals surface area contributed by atoms with Gasteiger partial charge in [-0.3, -0.25) is 0 Å². The zero-order valence-electron chi connectivity index (χ0n) is 13.0. The summed E-state index contributed by atoms with van der Waals surface area (Å²) in [5, 5.41) is 3.36. The molecule has 4 heteroatoms. The Kier molecular flexibility index (Phi) is 6.12. The SMILES string of the molecule is CC(CNC(C)c1ccc(F)cc1F)CN1CCCCC1. The van der Waals surface area contributed by atoms with Gasteiger partial charge >= 0.3 is 0 Å². The number of nitrogens with one attached hydrogen (secondary N) is 1. The molecule has 0 aromatic heterocycles. The first-order chi connectivity index (χ1) is 10.1. The van der Waals surface area contributed by atoms with Crippen molar-refractivity contribution in [1.82, 2.24) is 10.2 Å². The Balaban J connectivity index is 1.78. The fourth-order valence-corrected chi connectivity index (χ4v) is 2.99. The minimum absolute atomic E-state index is 0.102. The van der Waals surface area contributed by atoms with Crippen LogP contribution in [0.3, 0.4) is 0 Å². The number of likely N-dealkylation sites (tertiary alicyclic amines) is 1. The van der Waals surface area contributed by atoms with Crippen LogP contribution in [0.4, 0.5) is 8.78 Å². The molecule has 1 N–H and O–H groups in total. The van der Waals surface area contributed by atoms with Gasteiger partial charge in [0.25, 0.3) is 0 Å². The zero-order valence-corrected chi connectivity index (χ0v) is 13.0. The summed E-state index contributed by atoms with van der Waals surface area (Å²) in [5.41, 5.74) is 0.529. The zero-order chi connectivity index (χ0) is 15.2. The predicted molar refractivity (Wildman–Crippen MR) is 82.2 cm³/mol. The lowest BCUT2D eigenvalue weighted by Crippen LogP contribution is -2.37. The highest BCUT2D eigenvalue weighted by atomic mass is 19.1. The van der Waals surface area contributed by atoms with Gasteiger partial charge in [-0.2, -0.15) is 0 Å². The molecular weight excluding hydrogens is 270 g/mol. The second kappa shape index (κ2) is 7.85. The normalized spacial score (nSPS) is 19.4. The Bertz CT molecular complexity index is 444. The van der Waals surface area contributed by atoms with E-state index in [-0.39, 0.29) is 6.04 Å². The summed E-state index contributed by atoms with van der Waals surface area (Å²) in [6, 6.07) is 3.69. The predicted octanol–water partition coefficient (Wildman–Crippen LogP) is 3.74. The highest BCUT2D eigenvalue weighted by Crippen LogP contribution is 2.18. The minimum Gasteiger partial charge on any atom is -0.310 e. The Morgan fingerprint density at radius 2 is 1.86 bits per heavy atom. The van der Waals surface area contributed by atoms with Crippen LogP contribution in [0.15, 0.2) is 18.2 Å². The third kappa shape index (κ3) is 5.04. The molecule has 1 aromatic carbocycles. The molecule has 21 heavy (non-hydrogen) atoms. The molecule has 1 aliphatic rings. The number of piperidine rings is 1. The van der Waals surface area contributed by atoms with E-state index in [2.05, 4.69) is 17.1 Å². The summed E-state index contributed by atoms with van der Waals surface area (Å²) in [5.74, 6) is -0.477. The van der Waals surface area contributed by atoms with Crippen LogP contribution >= 0.6 is 0 Å². The van der Waals surface area contributed by atoms with E-state index in [1.807, 2.05) is 6.92 Å². The maximum absolute atomic E-state index is 13.7. The molecular formula is C17H26F2N2. The van der Waals surface area contributed by atoms with Crippen LogP contribution in [-0.2, 0) is 0 Å². The van der Waals surface area contributed by atoms with Crippen LogP contribution in [0.25, 0.3) is 0 Å². The van der Waals surface area contributed by atoms with Crippen molar-refractivity contribution >= 4 is 0 Å². The van der Waals surface area contributed by atoms with Gasteiger partial charge in [0.15, 0.2) is 0 Å². The smallest absolute Gasteiger partial charge is 0.130 e. The molecule has 1 saturated heterocycles. The van der Waals surface area contributed by atoms with Crippen LogP contribution < -0.4 is 5.32 Å². The van der Waals surface area contributed by atoms with E-state index in [9.17, 15) is 8.78 Å². The molecule has 1 aliphatic heterocycles. The van der Waals surface area contributed by atoms with Gasteiger partial charge in [0.2, 0.25) is 0 Å². The van der Waals surface area contributed by atoms with Gasteiger partial charge in [-0.25, -0.2) is 8.78 Å². The summed E-state index contributed by atoms with van der Waals surface area (Å²) in [7, 11) is 0. The van der Waals surface area contributed by atoms with Crippen LogP contribution in [0.2, 0.25) is 0 Å². The number of hydrogen-bond donors (Lipinski definition) is 1. The van der Waals surface area contributed by atoms with E-state index in [0.717, 1.165) is 19.2 Å². The molecule has 0 saturated carbocycles. The van der Waals surface area contributed by atoms with E-state index in [1.54, 1.807) is 0 Å². The number of halogens is 2. The fourth-order valence-electron chi connectivity index (χ4n) is 2.99. The van der Waals surface area contributed by atoms with Crippen LogP contribution in [0.5, 0.6) is 0 Å². The minimum atomic E-state index is -0.526. The second-order valence-electron chi connectivity index (χ2n) is 6.26. The average molecular weight is 296 g/mol. The third-order valence-corrected chi connectivity index (χ3v) is 4.22. The summed E-state index contributed by atoms with van der Waals surface area (Å²) >= 11 is 0. The number of nitrogens with zero attached hydrogens (tertiary/aromatic N) is 1. The second-order valence-corrected chi connectivity index (χ2v) is 6.26. The van der Waals surface area contributed by atoms with E-state index in [4.69, 9.17) is 0 Å². The summed E-state index contributed by atoms with van der Waals surface area (Å²) in [6.07, 6.45) is 3.96. The first kappa shape index (κ1) is 16.4. The fraction of sp³-hybridized carbons (Fsp3) is 0.647. The Hall–Kier alpha value is -1.00. The first-order valence-electron chi connectivity index (χ1n) is 7.97. The van der Waals surface area contributed by atoms with E-state index >= 15 is 0 Å². The highest BCUT2D eigenvalue weighted by Gasteiger charge is 2.15.